The van der Waals surface area contributed by atoms with E-state index in [1.54, 1.807) is 13.3 Å². The first-order valence-electron chi connectivity index (χ1n) is 12.9. The Morgan fingerprint density at radius 3 is 2.57 bits per heavy atom. The Balaban J connectivity index is 1.60. The molecule has 1 aliphatic carbocycles. The molecule has 12 heteroatoms. The molecule has 1 aromatic carbocycles. The number of benzene rings is 1. The van der Waals surface area contributed by atoms with Gasteiger partial charge in [-0.2, -0.15) is 4.98 Å². The Bertz CT molecular complexity index is 1200. The molecule has 0 saturated heterocycles. The van der Waals surface area contributed by atoms with Crippen LogP contribution in [0.15, 0.2) is 18.3 Å². The molecule has 10 nitrogen and oxygen atoms in total. The Hall–Kier alpha value is -2.34. The fourth-order valence-corrected chi connectivity index (χ4v) is 6.12. The zero-order chi connectivity index (χ0) is 26.6. The van der Waals surface area contributed by atoms with Gasteiger partial charge in [0.2, 0.25) is 16.0 Å². The highest BCUT2D eigenvalue weighted by Gasteiger charge is 2.28. The first kappa shape index (κ1) is 27.7. The lowest BCUT2D eigenvalue weighted by atomic mass is 9.91. The molecule has 0 unspecified atom stereocenters. The van der Waals surface area contributed by atoms with E-state index in [0.29, 0.717) is 22.5 Å². The van der Waals surface area contributed by atoms with E-state index in [-0.39, 0.29) is 12.1 Å². The first-order chi connectivity index (χ1) is 17.7. The fourth-order valence-electron chi connectivity index (χ4n) is 5.14. The molecule has 0 radical (unpaired) electrons. The number of likely N-dealkylation sites (N-methyl/N-ethyl adjacent to an activating group) is 2. The predicted molar refractivity (Wildman–Crippen MR) is 150 cm³/mol. The highest BCUT2D eigenvalue weighted by molar-refractivity contribution is 7.88. The molecule has 2 heterocycles. The van der Waals surface area contributed by atoms with E-state index in [1.165, 1.54) is 17.5 Å². The maximum Gasteiger partial charge on any atom is 0.229 e. The van der Waals surface area contributed by atoms with E-state index >= 15 is 0 Å². The van der Waals surface area contributed by atoms with Crippen molar-refractivity contribution in [2.45, 2.75) is 58.2 Å². The number of hydrogen-bond donors (Lipinski definition) is 3. The zero-order valence-electron chi connectivity index (χ0n) is 22.1. The second-order valence-electron chi connectivity index (χ2n) is 9.68. The van der Waals surface area contributed by atoms with Crippen LogP contribution in [0.4, 0.5) is 23.1 Å². The van der Waals surface area contributed by atoms with Gasteiger partial charge in [-0.3, -0.25) is 4.90 Å². The van der Waals surface area contributed by atoms with Gasteiger partial charge in [0.25, 0.3) is 0 Å². The van der Waals surface area contributed by atoms with Crippen molar-refractivity contribution < 1.29 is 13.2 Å². The number of nitrogens with zero attached hydrogens (tertiary/aromatic N) is 4. The number of fused-ring (bicyclic) bond motifs is 1. The van der Waals surface area contributed by atoms with Crippen LogP contribution in [0, 0.1) is 0 Å². The molecular weight excluding hydrogens is 514 g/mol. The summed E-state index contributed by atoms with van der Waals surface area (Å²) in [6.07, 6.45) is 6.28. The average Bonchev–Trinajstić information content (AvgIpc) is 3.04. The summed E-state index contributed by atoms with van der Waals surface area (Å²) in [5, 5.41) is 7.06. The minimum atomic E-state index is -3.33. The number of nitrogens with one attached hydrogen (secondary N) is 3. The summed E-state index contributed by atoms with van der Waals surface area (Å²) in [5.41, 5.74) is 3.17. The fraction of sp³-hybridized carbons (Fsp3) is 0.600. The third-order valence-corrected chi connectivity index (χ3v) is 8.10. The van der Waals surface area contributed by atoms with E-state index in [9.17, 15) is 8.42 Å². The Kier molecular flexibility index (Phi) is 8.99. The topological polar surface area (TPSA) is 112 Å². The van der Waals surface area contributed by atoms with Gasteiger partial charge in [-0.25, -0.2) is 18.1 Å². The van der Waals surface area contributed by atoms with Crippen LogP contribution in [0.5, 0.6) is 5.75 Å². The van der Waals surface area contributed by atoms with Gasteiger partial charge in [0.15, 0.2) is 5.82 Å². The summed E-state index contributed by atoms with van der Waals surface area (Å²) in [6.45, 7) is 9.09. The molecule has 3 N–H and O–H groups in total. The molecule has 1 aromatic heterocycles. The summed E-state index contributed by atoms with van der Waals surface area (Å²) >= 11 is 6.45. The van der Waals surface area contributed by atoms with Crippen molar-refractivity contribution in [2.75, 3.05) is 55.1 Å². The third-order valence-electron chi connectivity index (χ3n) is 7.09. The average molecular weight is 552 g/mol. The van der Waals surface area contributed by atoms with Crippen LogP contribution < -0.4 is 25.0 Å². The molecular formula is C25H38ClN7O3S. The molecule has 2 aromatic rings. The quantitative estimate of drug-likeness (QED) is 0.428. The van der Waals surface area contributed by atoms with E-state index < -0.39 is 10.0 Å². The van der Waals surface area contributed by atoms with Gasteiger partial charge in [-0.05, 0) is 44.0 Å². The van der Waals surface area contributed by atoms with Gasteiger partial charge in [0, 0.05) is 44.0 Å². The summed E-state index contributed by atoms with van der Waals surface area (Å²) in [6, 6.07) is 3.85. The maximum absolute atomic E-state index is 11.9. The van der Waals surface area contributed by atoms with Crippen LogP contribution in [-0.2, 0) is 16.6 Å². The van der Waals surface area contributed by atoms with E-state index in [0.717, 1.165) is 64.1 Å². The van der Waals surface area contributed by atoms with Crippen molar-refractivity contribution >= 4 is 44.8 Å². The molecule has 2 atom stereocenters. The van der Waals surface area contributed by atoms with Gasteiger partial charge < -0.3 is 20.3 Å². The number of halogens is 1. The van der Waals surface area contributed by atoms with Gasteiger partial charge in [0.1, 0.15) is 10.8 Å². The largest absolute Gasteiger partial charge is 0.495 e. The van der Waals surface area contributed by atoms with Crippen LogP contribution in [0.1, 0.15) is 45.1 Å². The summed E-state index contributed by atoms with van der Waals surface area (Å²) < 4.78 is 32.2. The van der Waals surface area contributed by atoms with Crippen LogP contribution in [0.2, 0.25) is 5.02 Å². The molecule has 0 spiro atoms. The predicted octanol–water partition coefficient (Wildman–Crippen LogP) is 3.82. The van der Waals surface area contributed by atoms with Crippen LogP contribution in [-0.4, -0.2) is 74.9 Å². The van der Waals surface area contributed by atoms with Gasteiger partial charge in [-0.1, -0.05) is 31.4 Å². The number of rotatable bonds is 9. The molecule has 1 aliphatic heterocycles. The number of aromatic nitrogens is 2. The highest BCUT2D eigenvalue weighted by atomic mass is 35.5. The Morgan fingerprint density at radius 1 is 1.14 bits per heavy atom. The van der Waals surface area contributed by atoms with Crippen LogP contribution in [0.25, 0.3) is 0 Å². The molecule has 2 aliphatic rings. The van der Waals surface area contributed by atoms with E-state index in [4.69, 9.17) is 16.3 Å². The first-order valence-corrected chi connectivity index (χ1v) is 15.2. The van der Waals surface area contributed by atoms with Crippen molar-refractivity contribution in [3.8, 4) is 5.75 Å². The monoisotopic (exact) mass is 551 g/mol. The molecule has 1 saturated carbocycles. The van der Waals surface area contributed by atoms with Gasteiger partial charge >= 0.3 is 0 Å². The summed E-state index contributed by atoms with van der Waals surface area (Å²) in [5.74, 6) is 1.56. The molecule has 204 valence electrons. The molecule has 0 bridgehead atoms. The molecule has 0 amide bonds. The standard InChI is InChI=1S/C25H38ClN7O3S/c1-5-32-11-12-33(6-2)22-14-21(23(36-3)13-17(22)16-32)29-25-27-15-18(26)24(30-25)28-19-9-7-8-10-20(19)31-37(4,34)35/h13-15,19-20,31H,5-12,16H2,1-4H3,(H2,27,28,29,30)/t19-,20-/m1/s1. The molecule has 1 fully saturated rings. The van der Waals surface area contributed by atoms with Crippen LogP contribution in [0.3, 0.4) is 0 Å². The minimum absolute atomic E-state index is 0.120. The van der Waals surface area contributed by atoms with Crippen molar-refractivity contribution in [2.24, 2.45) is 0 Å². The van der Waals surface area contributed by atoms with Crippen molar-refractivity contribution in [3.05, 3.63) is 28.9 Å². The number of anilines is 4. The Labute approximate surface area is 225 Å². The lowest BCUT2D eigenvalue weighted by Crippen LogP contribution is -2.48. The van der Waals surface area contributed by atoms with Crippen molar-refractivity contribution in [1.29, 1.82) is 0 Å². The normalized spacial score (nSPS) is 20.7. The lowest BCUT2D eigenvalue weighted by Gasteiger charge is -2.32. The SMILES string of the molecule is CCN1CCN(CC)c2cc(Nc3ncc(Cl)c(N[C@@H]4CCCC[C@H]4NS(C)(=O)=O)n3)c(OC)cc2C1. The maximum atomic E-state index is 11.9. The van der Waals surface area contributed by atoms with E-state index in [2.05, 4.69) is 61.1 Å². The smallest absolute Gasteiger partial charge is 0.229 e. The molecule has 4 rings (SSSR count). The minimum Gasteiger partial charge on any atom is -0.495 e. The number of sulfonamides is 1. The number of hydrogen-bond acceptors (Lipinski definition) is 9. The summed E-state index contributed by atoms with van der Waals surface area (Å²) in [4.78, 5) is 13.8. The number of ether oxygens (including phenoxy) is 1. The van der Waals surface area contributed by atoms with Crippen LogP contribution >= 0.6 is 11.6 Å². The second-order valence-corrected chi connectivity index (χ2v) is 11.9. The lowest BCUT2D eigenvalue weighted by molar-refractivity contribution is 0.292. The molecule has 37 heavy (non-hydrogen) atoms. The number of methoxy groups -OCH3 is 1. The van der Waals surface area contributed by atoms with Gasteiger partial charge in [0.05, 0.1) is 25.2 Å². The second kappa shape index (κ2) is 12.0. The zero-order valence-corrected chi connectivity index (χ0v) is 23.6. The highest BCUT2D eigenvalue weighted by Crippen LogP contribution is 2.37. The van der Waals surface area contributed by atoms with Gasteiger partial charge in [-0.15, -0.1) is 0 Å². The summed E-state index contributed by atoms with van der Waals surface area (Å²) in [7, 11) is -1.67. The van der Waals surface area contributed by atoms with Crippen molar-refractivity contribution in [1.82, 2.24) is 19.6 Å². The van der Waals surface area contributed by atoms with E-state index in [1.807, 2.05) is 0 Å². The van der Waals surface area contributed by atoms with Crippen molar-refractivity contribution in [3.63, 3.8) is 0 Å². The third kappa shape index (κ3) is 6.95. The Morgan fingerprint density at radius 2 is 1.89 bits per heavy atom.